The Hall–Kier alpha value is -2.87. The van der Waals surface area contributed by atoms with Gasteiger partial charge in [0.05, 0.1) is 30.3 Å². The molecule has 1 saturated heterocycles. The van der Waals surface area contributed by atoms with E-state index < -0.39 is 0 Å². The highest BCUT2D eigenvalue weighted by Gasteiger charge is 2.27. The summed E-state index contributed by atoms with van der Waals surface area (Å²) in [5.74, 6) is 0.478. The third kappa shape index (κ3) is 4.36. The smallest absolute Gasteiger partial charge is 0.265 e. The van der Waals surface area contributed by atoms with Gasteiger partial charge in [0, 0.05) is 34.9 Å². The number of aromatic amines is 1. The molecule has 1 atom stereocenters. The monoisotopic (exact) mass is 482 g/mol. The van der Waals surface area contributed by atoms with E-state index in [1.165, 1.54) is 11.3 Å². The van der Waals surface area contributed by atoms with E-state index in [0.717, 1.165) is 28.3 Å². The summed E-state index contributed by atoms with van der Waals surface area (Å²) in [4.78, 5) is 31.6. The minimum absolute atomic E-state index is 0.0501. The molecular weight excluding hydrogens is 460 g/mol. The minimum atomic E-state index is -0.233. The first-order valence-electron chi connectivity index (χ1n) is 10.8. The van der Waals surface area contributed by atoms with Crippen LogP contribution >= 0.6 is 22.9 Å². The summed E-state index contributed by atoms with van der Waals surface area (Å²) in [5.41, 5.74) is 0.965. The number of benzene rings is 2. The van der Waals surface area contributed by atoms with Gasteiger partial charge >= 0.3 is 0 Å². The second-order valence-electron chi connectivity index (χ2n) is 8.14. The van der Waals surface area contributed by atoms with Crippen LogP contribution in [0, 0.1) is 0 Å². The number of hydrogen-bond donors (Lipinski definition) is 1. The zero-order valence-corrected chi connectivity index (χ0v) is 19.7. The van der Waals surface area contributed by atoms with Crippen molar-refractivity contribution in [1.82, 2.24) is 9.88 Å². The van der Waals surface area contributed by atoms with Crippen LogP contribution in [0.4, 0.5) is 0 Å². The molecule has 0 spiro atoms. The molecule has 2 aromatic heterocycles. The van der Waals surface area contributed by atoms with Gasteiger partial charge in [-0.3, -0.25) is 9.59 Å². The molecule has 0 saturated carbocycles. The van der Waals surface area contributed by atoms with Crippen molar-refractivity contribution in [2.75, 3.05) is 20.3 Å². The predicted octanol–water partition coefficient (Wildman–Crippen LogP) is 5.23. The van der Waals surface area contributed by atoms with Crippen LogP contribution in [-0.2, 0) is 11.3 Å². The largest absolute Gasteiger partial charge is 0.497 e. The summed E-state index contributed by atoms with van der Waals surface area (Å²) in [7, 11) is 1.58. The fraction of sp³-hybridized carbons (Fsp3) is 0.280. The predicted molar refractivity (Wildman–Crippen MR) is 132 cm³/mol. The van der Waals surface area contributed by atoms with Gasteiger partial charge in [-0.25, -0.2) is 0 Å². The number of hydrogen-bond acceptors (Lipinski definition) is 5. The number of fused-ring (bicyclic) bond motifs is 2. The van der Waals surface area contributed by atoms with Crippen LogP contribution in [-0.4, -0.2) is 42.2 Å². The highest BCUT2D eigenvalue weighted by molar-refractivity contribution is 7.21. The third-order valence-electron chi connectivity index (χ3n) is 5.96. The number of thiophene rings is 1. The molecule has 1 fully saturated rings. The van der Waals surface area contributed by atoms with Crippen molar-refractivity contribution < 1.29 is 14.3 Å². The van der Waals surface area contributed by atoms with Crippen LogP contribution in [0.5, 0.6) is 5.75 Å². The molecule has 1 aliphatic rings. The first kappa shape index (κ1) is 21.9. The minimum Gasteiger partial charge on any atom is -0.497 e. The first-order valence-corrected chi connectivity index (χ1v) is 12.0. The van der Waals surface area contributed by atoms with Crippen molar-refractivity contribution in [1.29, 1.82) is 0 Å². The van der Waals surface area contributed by atoms with Crippen molar-refractivity contribution >= 4 is 49.8 Å². The van der Waals surface area contributed by atoms with E-state index in [2.05, 4.69) is 4.98 Å². The molecule has 170 valence electrons. The van der Waals surface area contributed by atoms with Crippen molar-refractivity contribution in [2.24, 2.45) is 0 Å². The van der Waals surface area contributed by atoms with Crippen LogP contribution in [0.3, 0.4) is 0 Å². The van der Waals surface area contributed by atoms with Crippen LogP contribution in [0.1, 0.15) is 28.1 Å². The number of rotatable bonds is 6. The highest BCUT2D eigenvalue weighted by atomic mass is 35.5. The Kier molecular flexibility index (Phi) is 6.10. The number of pyridine rings is 1. The lowest BCUT2D eigenvalue weighted by molar-refractivity contribution is 0.0510. The number of halogens is 1. The number of aromatic nitrogens is 1. The summed E-state index contributed by atoms with van der Waals surface area (Å²) in [6, 6.07) is 15.1. The number of carbonyl (C=O) groups excluding carboxylic acids is 1. The fourth-order valence-corrected chi connectivity index (χ4v) is 5.70. The van der Waals surface area contributed by atoms with Gasteiger partial charge in [0.1, 0.15) is 10.6 Å². The summed E-state index contributed by atoms with van der Waals surface area (Å²) in [5, 5.41) is 2.19. The molecule has 0 bridgehead atoms. The van der Waals surface area contributed by atoms with Crippen molar-refractivity contribution in [3.8, 4) is 5.75 Å². The van der Waals surface area contributed by atoms with E-state index in [9.17, 15) is 9.59 Å². The van der Waals surface area contributed by atoms with Gasteiger partial charge in [0.15, 0.2) is 0 Å². The Morgan fingerprint density at radius 2 is 2.12 bits per heavy atom. The van der Waals surface area contributed by atoms with Gasteiger partial charge in [-0.2, -0.15) is 0 Å². The lowest BCUT2D eigenvalue weighted by atomic mass is 10.1. The zero-order chi connectivity index (χ0) is 22.9. The SMILES string of the molecule is COc1ccc2cc(CN(CC3CCCO3)C(=O)c3sc4ccccc4c3Cl)c(=O)[nH]c2c1. The van der Waals surface area contributed by atoms with E-state index in [-0.39, 0.29) is 24.1 Å². The van der Waals surface area contributed by atoms with Crippen molar-refractivity contribution in [3.05, 3.63) is 74.3 Å². The topological polar surface area (TPSA) is 71.6 Å². The van der Waals surface area contributed by atoms with E-state index in [1.54, 1.807) is 18.1 Å². The fourth-order valence-electron chi connectivity index (χ4n) is 4.22. The van der Waals surface area contributed by atoms with Gasteiger partial charge in [0.2, 0.25) is 0 Å². The lowest BCUT2D eigenvalue weighted by Crippen LogP contribution is -2.38. The van der Waals surface area contributed by atoms with E-state index >= 15 is 0 Å². The molecule has 1 aliphatic heterocycles. The van der Waals surface area contributed by atoms with Gasteiger partial charge in [0.25, 0.3) is 11.5 Å². The Labute approximate surface area is 199 Å². The number of amides is 1. The average molecular weight is 483 g/mol. The Morgan fingerprint density at radius 1 is 1.27 bits per heavy atom. The Morgan fingerprint density at radius 3 is 2.88 bits per heavy atom. The summed E-state index contributed by atoms with van der Waals surface area (Å²) < 4.78 is 12.0. The molecule has 0 radical (unpaired) electrons. The molecule has 8 heteroatoms. The van der Waals surface area contributed by atoms with Crippen molar-refractivity contribution in [3.63, 3.8) is 0 Å². The molecule has 1 amide bonds. The van der Waals surface area contributed by atoms with Crippen LogP contribution in [0.25, 0.3) is 21.0 Å². The number of nitrogens with one attached hydrogen (secondary N) is 1. The molecule has 33 heavy (non-hydrogen) atoms. The van der Waals surface area contributed by atoms with E-state index in [0.29, 0.717) is 39.9 Å². The molecule has 4 aromatic rings. The number of ether oxygens (including phenoxy) is 2. The van der Waals surface area contributed by atoms with Gasteiger partial charge < -0.3 is 19.4 Å². The van der Waals surface area contributed by atoms with Crippen molar-refractivity contribution in [2.45, 2.75) is 25.5 Å². The maximum Gasteiger partial charge on any atom is 0.265 e. The molecule has 5 rings (SSSR count). The molecule has 3 heterocycles. The van der Waals surface area contributed by atoms with Crippen LogP contribution < -0.4 is 10.3 Å². The number of nitrogens with zero attached hydrogens (tertiary/aromatic N) is 1. The summed E-state index contributed by atoms with van der Waals surface area (Å²) >= 11 is 7.98. The van der Waals surface area contributed by atoms with Gasteiger partial charge in [-0.05, 0) is 42.5 Å². The summed E-state index contributed by atoms with van der Waals surface area (Å²) in [6.45, 7) is 1.26. The molecule has 1 N–H and O–H groups in total. The first-order chi connectivity index (χ1) is 16.0. The average Bonchev–Trinajstić information content (AvgIpc) is 3.46. The maximum atomic E-state index is 13.7. The van der Waals surface area contributed by atoms with E-state index in [4.69, 9.17) is 21.1 Å². The van der Waals surface area contributed by atoms with Gasteiger partial charge in [-0.1, -0.05) is 29.8 Å². The molecule has 6 nitrogen and oxygen atoms in total. The normalized spacial score (nSPS) is 15.9. The molecule has 0 aliphatic carbocycles. The standard InChI is InChI=1S/C25H23ClN2O4S/c1-31-17-9-8-15-11-16(24(29)27-20(15)12-17)13-28(14-18-5-4-10-32-18)25(30)23-22(26)19-6-2-3-7-21(19)33-23/h2-3,6-9,11-12,18H,4-5,10,13-14H2,1H3,(H,27,29). The second kappa shape index (κ2) is 9.17. The Bertz CT molecular complexity index is 1390. The number of carbonyl (C=O) groups is 1. The number of H-pyrrole nitrogens is 1. The zero-order valence-electron chi connectivity index (χ0n) is 18.1. The van der Waals surface area contributed by atoms with Crippen LogP contribution in [0.15, 0.2) is 53.3 Å². The highest BCUT2D eigenvalue weighted by Crippen LogP contribution is 2.36. The number of methoxy groups -OCH3 is 1. The quantitative estimate of drug-likeness (QED) is 0.408. The third-order valence-corrected chi connectivity index (χ3v) is 7.62. The van der Waals surface area contributed by atoms with Gasteiger partial charge in [-0.15, -0.1) is 11.3 Å². The Balaban J connectivity index is 1.51. The molecular formula is C25H23ClN2O4S. The lowest BCUT2D eigenvalue weighted by Gasteiger charge is -2.25. The molecule has 2 aromatic carbocycles. The molecule has 1 unspecified atom stereocenters. The second-order valence-corrected chi connectivity index (χ2v) is 9.57. The summed E-state index contributed by atoms with van der Waals surface area (Å²) in [6.07, 6.45) is 1.80. The van der Waals surface area contributed by atoms with Crippen LogP contribution in [0.2, 0.25) is 5.02 Å². The maximum absolute atomic E-state index is 13.7. The van der Waals surface area contributed by atoms with E-state index in [1.807, 2.05) is 42.5 Å².